The van der Waals surface area contributed by atoms with Crippen molar-refractivity contribution in [3.05, 3.63) is 108 Å². The second-order valence-electron chi connectivity index (χ2n) is 7.47. The SMILES string of the molecule is N#Cc1ccc(Cn2c3cc(-c4ccccc4)c[c]c3c3c(C(N)=O)cccc32)cc1. The molecule has 0 saturated heterocycles. The summed E-state index contributed by atoms with van der Waals surface area (Å²) in [6, 6.07) is 33.0. The Balaban J connectivity index is 1.78. The van der Waals surface area contributed by atoms with Crippen molar-refractivity contribution < 1.29 is 4.79 Å². The first-order valence-corrected chi connectivity index (χ1v) is 9.96. The fourth-order valence-corrected chi connectivity index (χ4v) is 4.10. The minimum Gasteiger partial charge on any atom is -0.366 e. The summed E-state index contributed by atoms with van der Waals surface area (Å²) < 4.78 is 2.18. The Labute approximate surface area is 179 Å². The Morgan fingerprint density at radius 1 is 0.935 bits per heavy atom. The molecule has 1 aromatic heterocycles. The number of nitriles is 1. The van der Waals surface area contributed by atoms with Gasteiger partial charge in [0.1, 0.15) is 0 Å². The van der Waals surface area contributed by atoms with Gasteiger partial charge in [0, 0.05) is 22.9 Å². The van der Waals surface area contributed by atoms with Crippen LogP contribution in [0.15, 0.2) is 84.9 Å². The highest BCUT2D eigenvalue weighted by Gasteiger charge is 2.17. The van der Waals surface area contributed by atoms with Gasteiger partial charge in [0.05, 0.1) is 22.7 Å². The quantitative estimate of drug-likeness (QED) is 0.446. The highest BCUT2D eigenvalue weighted by molar-refractivity contribution is 6.18. The Kier molecular flexibility index (Phi) is 4.50. The molecule has 0 unspecified atom stereocenters. The summed E-state index contributed by atoms with van der Waals surface area (Å²) >= 11 is 0. The minimum atomic E-state index is -0.455. The van der Waals surface area contributed by atoms with E-state index < -0.39 is 5.91 Å². The first-order valence-electron chi connectivity index (χ1n) is 9.96. The third-order valence-electron chi connectivity index (χ3n) is 5.59. The predicted molar refractivity (Wildman–Crippen MR) is 122 cm³/mol. The lowest BCUT2D eigenvalue weighted by Crippen LogP contribution is -2.11. The third-order valence-corrected chi connectivity index (χ3v) is 5.59. The number of benzene rings is 4. The van der Waals surface area contributed by atoms with E-state index in [0.29, 0.717) is 17.7 Å². The smallest absolute Gasteiger partial charge is 0.249 e. The molecule has 0 saturated carbocycles. The van der Waals surface area contributed by atoms with Crippen LogP contribution in [0.4, 0.5) is 0 Å². The van der Waals surface area contributed by atoms with Crippen LogP contribution in [-0.4, -0.2) is 10.5 Å². The first-order chi connectivity index (χ1) is 15.2. The van der Waals surface area contributed by atoms with Crippen molar-refractivity contribution in [1.29, 1.82) is 5.26 Å². The van der Waals surface area contributed by atoms with E-state index in [0.717, 1.165) is 38.5 Å². The average molecular weight is 400 g/mol. The van der Waals surface area contributed by atoms with Gasteiger partial charge >= 0.3 is 0 Å². The number of nitrogens with two attached hydrogens (primary N) is 1. The maximum absolute atomic E-state index is 12.2. The van der Waals surface area contributed by atoms with Crippen LogP contribution in [0.2, 0.25) is 0 Å². The fourth-order valence-electron chi connectivity index (χ4n) is 4.10. The average Bonchev–Trinajstić information content (AvgIpc) is 3.13. The van der Waals surface area contributed by atoms with Gasteiger partial charge in [-0.3, -0.25) is 4.79 Å². The molecular formula is C27H18N3O. The highest BCUT2D eigenvalue weighted by atomic mass is 16.1. The number of hydrogen-bond acceptors (Lipinski definition) is 2. The number of carbonyl (C=O) groups is 1. The maximum atomic E-state index is 12.2. The van der Waals surface area contributed by atoms with Crippen molar-refractivity contribution in [2.45, 2.75) is 6.54 Å². The Bertz CT molecular complexity index is 1470. The van der Waals surface area contributed by atoms with Gasteiger partial charge in [-0.15, -0.1) is 0 Å². The molecule has 0 spiro atoms. The molecule has 1 amide bonds. The van der Waals surface area contributed by atoms with Crippen molar-refractivity contribution in [2.75, 3.05) is 0 Å². The van der Waals surface area contributed by atoms with Gasteiger partial charge in [0.2, 0.25) is 5.91 Å². The zero-order chi connectivity index (χ0) is 21.4. The number of carbonyl (C=O) groups excluding carboxylic acids is 1. The van der Waals surface area contributed by atoms with Crippen LogP contribution >= 0.6 is 0 Å². The number of aromatic nitrogens is 1. The molecule has 5 aromatic rings. The Hall–Kier alpha value is -4.36. The van der Waals surface area contributed by atoms with Crippen LogP contribution in [0.5, 0.6) is 0 Å². The number of rotatable bonds is 4. The number of nitrogens with zero attached hydrogens (tertiary/aromatic N) is 2. The number of hydrogen-bond donors (Lipinski definition) is 1. The second-order valence-corrected chi connectivity index (χ2v) is 7.47. The van der Waals surface area contributed by atoms with Crippen molar-refractivity contribution in [1.82, 2.24) is 4.57 Å². The van der Waals surface area contributed by atoms with E-state index >= 15 is 0 Å². The fraction of sp³-hybridized carbons (Fsp3) is 0.0370. The molecule has 31 heavy (non-hydrogen) atoms. The highest BCUT2D eigenvalue weighted by Crippen LogP contribution is 2.34. The summed E-state index contributed by atoms with van der Waals surface area (Å²) in [6.07, 6.45) is 0. The minimum absolute atomic E-state index is 0.455. The molecule has 0 atom stereocenters. The lowest BCUT2D eigenvalue weighted by Gasteiger charge is -2.09. The monoisotopic (exact) mass is 400 g/mol. The first kappa shape index (κ1) is 18.7. The van der Waals surface area contributed by atoms with Gasteiger partial charge in [-0.2, -0.15) is 5.26 Å². The number of fused-ring (bicyclic) bond motifs is 3. The summed E-state index contributed by atoms with van der Waals surface area (Å²) in [5, 5.41) is 10.8. The van der Waals surface area contributed by atoms with Crippen LogP contribution in [0.3, 0.4) is 0 Å². The van der Waals surface area contributed by atoms with Crippen molar-refractivity contribution >= 4 is 27.7 Å². The van der Waals surface area contributed by atoms with E-state index in [-0.39, 0.29) is 0 Å². The van der Waals surface area contributed by atoms with E-state index in [4.69, 9.17) is 11.0 Å². The van der Waals surface area contributed by atoms with Crippen molar-refractivity contribution in [3.63, 3.8) is 0 Å². The van der Waals surface area contributed by atoms with Crippen LogP contribution in [0.1, 0.15) is 21.5 Å². The maximum Gasteiger partial charge on any atom is 0.249 e. The van der Waals surface area contributed by atoms with Gasteiger partial charge in [0.15, 0.2) is 0 Å². The standard InChI is InChI=1S/C27H18N3O/c28-16-18-9-11-19(12-10-18)17-30-24-8-4-7-23(27(29)31)26(24)22-14-13-21(15-25(22)30)20-5-2-1-3-6-20/h1-13,15H,17H2,(H2,29,31). The van der Waals surface area contributed by atoms with E-state index in [1.165, 1.54) is 0 Å². The van der Waals surface area contributed by atoms with Gasteiger partial charge in [-0.1, -0.05) is 48.5 Å². The Morgan fingerprint density at radius 3 is 2.42 bits per heavy atom. The number of amides is 1. The second kappa shape index (κ2) is 7.47. The molecule has 4 aromatic carbocycles. The van der Waals surface area contributed by atoms with E-state index in [9.17, 15) is 4.79 Å². The zero-order valence-electron chi connectivity index (χ0n) is 16.7. The molecule has 147 valence electrons. The molecule has 0 fully saturated rings. The molecule has 5 rings (SSSR count). The van der Waals surface area contributed by atoms with Crippen LogP contribution in [0, 0.1) is 17.4 Å². The molecule has 0 bridgehead atoms. The van der Waals surface area contributed by atoms with Gasteiger partial charge in [0.25, 0.3) is 0 Å². The van der Waals surface area contributed by atoms with Gasteiger partial charge in [-0.05, 0) is 59.2 Å². The summed E-state index contributed by atoms with van der Waals surface area (Å²) in [7, 11) is 0. The normalized spacial score (nSPS) is 10.9. The van der Waals surface area contributed by atoms with Crippen LogP contribution in [0.25, 0.3) is 32.9 Å². The van der Waals surface area contributed by atoms with Crippen molar-refractivity contribution in [3.8, 4) is 17.2 Å². The van der Waals surface area contributed by atoms with Gasteiger partial charge < -0.3 is 10.3 Å². The summed E-state index contributed by atoms with van der Waals surface area (Å²) in [4.78, 5) is 12.2. The van der Waals surface area contributed by atoms with Gasteiger partial charge in [-0.25, -0.2) is 0 Å². The number of primary amides is 1. The molecule has 4 heteroatoms. The molecule has 1 heterocycles. The topological polar surface area (TPSA) is 71.8 Å². The predicted octanol–water partition coefficient (Wildman–Crippen LogP) is 5.28. The Morgan fingerprint density at radius 2 is 1.71 bits per heavy atom. The van der Waals surface area contributed by atoms with E-state index in [2.05, 4.69) is 34.9 Å². The summed E-state index contributed by atoms with van der Waals surface area (Å²) in [5.74, 6) is -0.455. The molecule has 1 radical (unpaired) electrons. The van der Waals surface area contributed by atoms with E-state index in [1.807, 2.05) is 60.7 Å². The molecule has 4 nitrogen and oxygen atoms in total. The molecule has 0 aliphatic heterocycles. The largest absolute Gasteiger partial charge is 0.366 e. The molecule has 0 aliphatic rings. The molecular weight excluding hydrogens is 382 g/mol. The summed E-state index contributed by atoms with van der Waals surface area (Å²) in [6.45, 7) is 0.597. The lowest BCUT2D eigenvalue weighted by atomic mass is 10.0. The summed E-state index contributed by atoms with van der Waals surface area (Å²) in [5.41, 5.74) is 11.9. The van der Waals surface area contributed by atoms with E-state index in [1.54, 1.807) is 6.07 Å². The van der Waals surface area contributed by atoms with Crippen LogP contribution in [-0.2, 0) is 6.54 Å². The molecule has 2 N–H and O–H groups in total. The lowest BCUT2D eigenvalue weighted by molar-refractivity contribution is 0.100. The molecule has 0 aliphatic carbocycles. The zero-order valence-corrected chi connectivity index (χ0v) is 16.7. The van der Waals surface area contributed by atoms with Crippen molar-refractivity contribution in [2.24, 2.45) is 5.73 Å². The third kappa shape index (κ3) is 3.23. The van der Waals surface area contributed by atoms with Crippen LogP contribution < -0.4 is 5.73 Å².